The number of hydrogen-bond acceptors (Lipinski definition) is 5. The Kier molecular flexibility index (Phi) is 4.41. The summed E-state index contributed by atoms with van der Waals surface area (Å²) in [5.74, 6) is 0.442. The zero-order chi connectivity index (χ0) is 16.2. The lowest BCUT2D eigenvalue weighted by Crippen LogP contribution is -2.47. The molecular formula is C17H20N4O2. The van der Waals surface area contributed by atoms with Crippen LogP contribution in [0.1, 0.15) is 12.8 Å². The summed E-state index contributed by atoms with van der Waals surface area (Å²) in [6.45, 7) is 1.85. The zero-order valence-corrected chi connectivity index (χ0v) is 13.1. The number of nitro groups is 1. The second-order valence-electron chi connectivity index (χ2n) is 5.79. The highest BCUT2D eigenvalue weighted by atomic mass is 16.6. The molecule has 0 bridgehead atoms. The molecule has 1 atom stereocenters. The molecule has 23 heavy (non-hydrogen) atoms. The average Bonchev–Trinajstić information content (AvgIpc) is 2.62. The molecule has 3 rings (SSSR count). The average molecular weight is 312 g/mol. The number of piperidine rings is 1. The van der Waals surface area contributed by atoms with Crippen LogP contribution in [0.4, 0.5) is 17.2 Å². The summed E-state index contributed by atoms with van der Waals surface area (Å²) in [7, 11) is 1.90. The number of nitrogens with zero attached hydrogens (tertiary/aromatic N) is 4. The zero-order valence-electron chi connectivity index (χ0n) is 13.1. The molecule has 120 valence electrons. The molecule has 1 aliphatic rings. The molecule has 6 heteroatoms. The Morgan fingerprint density at radius 2 is 2.04 bits per heavy atom. The van der Waals surface area contributed by atoms with Crippen LogP contribution in [0.5, 0.6) is 0 Å². The lowest BCUT2D eigenvalue weighted by molar-refractivity contribution is -0.384. The third kappa shape index (κ3) is 3.26. The first-order valence-electron chi connectivity index (χ1n) is 7.79. The van der Waals surface area contributed by atoms with E-state index >= 15 is 0 Å². The SMILES string of the molecule is CN(c1ncccc1[N+](=O)[O-])C1CCCN(c2ccccc2)C1. The second kappa shape index (κ2) is 6.64. The fourth-order valence-corrected chi connectivity index (χ4v) is 3.12. The summed E-state index contributed by atoms with van der Waals surface area (Å²) in [4.78, 5) is 19.4. The molecular weight excluding hydrogens is 292 g/mol. The van der Waals surface area contributed by atoms with E-state index in [-0.39, 0.29) is 16.7 Å². The number of anilines is 2. The molecule has 1 aromatic carbocycles. The van der Waals surface area contributed by atoms with E-state index in [0.717, 1.165) is 25.9 Å². The van der Waals surface area contributed by atoms with Crippen molar-refractivity contribution in [2.75, 3.05) is 29.9 Å². The third-order valence-corrected chi connectivity index (χ3v) is 4.36. The van der Waals surface area contributed by atoms with Crippen molar-refractivity contribution in [1.82, 2.24) is 4.98 Å². The van der Waals surface area contributed by atoms with Gasteiger partial charge in [-0.05, 0) is 31.0 Å². The van der Waals surface area contributed by atoms with E-state index in [9.17, 15) is 10.1 Å². The molecule has 6 nitrogen and oxygen atoms in total. The van der Waals surface area contributed by atoms with E-state index in [1.807, 2.05) is 30.1 Å². The van der Waals surface area contributed by atoms with Crippen LogP contribution in [0.15, 0.2) is 48.7 Å². The monoisotopic (exact) mass is 312 g/mol. The van der Waals surface area contributed by atoms with Crippen LogP contribution < -0.4 is 9.80 Å². The van der Waals surface area contributed by atoms with Crippen LogP contribution in [0.2, 0.25) is 0 Å². The first-order valence-corrected chi connectivity index (χ1v) is 7.79. The largest absolute Gasteiger partial charge is 0.369 e. The van der Waals surface area contributed by atoms with Crippen molar-refractivity contribution < 1.29 is 4.92 Å². The lowest BCUT2D eigenvalue weighted by atomic mass is 10.0. The normalized spacial score (nSPS) is 17.8. The predicted octanol–water partition coefficient (Wildman–Crippen LogP) is 3.10. The van der Waals surface area contributed by atoms with Crippen LogP contribution in [0.25, 0.3) is 0 Å². The van der Waals surface area contributed by atoms with Gasteiger partial charge in [-0.25, -0.2) is 4.98 Å². The van der Waals surface area contributed by atoms with Gasteiger partial charge in [-0.2, -0.15) is 0 Å². The number of benzene rings is 1. The fraction of sp³-hybridized carbons (Fsp3) is 0.353. The quantitative estimate of drug-likeness (QED) is 0.641. The Labute approximate surface area is 135 Å². The predicted molar refractivity (Wildman–Crippen MR) is 91.0 cm³/mol. The highest BCUT2D eigenvalue weighted by Gasteiger charge is 2.28. The van der Waals surface area contributed by atoms with Gasteiger partial charge in [0.1, 0.15) is 0 Å². The summed E-state index contributed by atoms with van der Waals surface area (Å²) < 4.78 is 0. The molecule has 0 spiro atoms. The van der Waals surface area contributed by atoms with E-state index in [4.69, 9.17) is 0 Å². The van der Waals surface area contributed by atoms with Crippen molar-refractivity contribution in [3.05, 3.63) is 58.8 Å². The van der Waals surface area contributed by atoms with Crippen LogP contribution in [-0.2, 0) is 0 Å². The van der Waals surface area contributed by atoms with Gasteiger partial charge in [0.25, 0.3) is 0 Å². The van der Waals surface area contributed by atoms with Crippen LogP contribution in [-0.4, -0.2) is 36.1 Å². The van der Waals surface area contributed by atoms with Gasteiger partial charge in [-0.15, -0.1) is 0 Å². The van der Waals surface area contributed by atoms with E-state index in [0.29, 0.717) is 5.82 Å². The summed E-state index contributed by atoms with van der Waals surface area (Å²) in [6.07, 6.45) is 3.68. The Hall–Kier alpha value is -2.63. The fourth-order valence-electron chi connectivity index (χ4n) is 3.12. The van der Waals surface area contributed by atoms with E-state index in [1.54, 1.807) is 12.3 Å². The molecule has 1 unspecified atom stereocenters. The minimum absolute atomic E-state index is 0.0619. The first-order chi connectivity index (χ1) is 11.2. The minimum Gasteiger partial charge on any atom is -0.369 e. The highest BCUT2D eigenvalue weighted by molar-refractivity contribution is 5.58. The topological polar surface area (TPSA) is 62.5 Å². The van der Waals surface area contributed by atoms with Gasteiger partial charge in [0.05, 0.1) is 4.92 Å². The van der Waals surface area contributed by atoms with Gasteiger partial charge in [-0.3, -0.25) is 10.1 Å². The highest BCUT2D eigenvalue weighted by Crippen LogP contribution is 2.29. The smallest absolute Gasteiger partial charge is 0.311 e. The van der Waals surface area contributed by atoms with Gasteiger partial charge in [0.15, 0.2) is 0 Å². The Balaban J connectivity index is 1.80. The molecule has 1 fully saturated rings. The van der Waals surface area contributed by atoms with Crippen molar-refractivity contribution in [2.24, 2.45) is 0 Å². The summed E-state index contributed by atoms with van der Waals surface area (Å²) in [6, 6.07) is 13.6. The second-order valence-corrected chi connectivity index (χ2v) is 5.79. The first kappa shape index (κ1) is 15.3. The Bertz CT molecular complexity index is 677. The number of aromatic nitrogens is 1. The summed E-state index contributed by atoms with van der Waals surface area (Å²) in [5.41, 5.74) is 1.26. The molecule has 0 saturated carbocycles. The van der Waals surface area contributed by atoms with E-state index < -0.39 is 0 Å². The molecule has 1 saturated heterocycles. The van der Waals surface area contributed by atoms with Gasteiger partial charge in [0.2, 0.25) is 5.82 Å². The van der Waals surface area contributed by atoms with Crippen LogP contribution in [0, 0.1) is 10.1 Å². The van der Waals surface area contributed by atoms with Gasteiger partial charge < -0.3 is 9.80 Å². The van der Waals surface area contributed by atoms with Crippen molar-refractivity contribution >= 4 is 17.2 Å². The van der Waals surface area contributed by atoms with Crippen molar-refractivity contribution in [1.29, 1.82) is 0 Å². The molecule has 0 aliphatic carbocycles. The van der Waals surface area contributed by atoms with Gasteiger partial charge >= 0.3 is 5.69 Å². The van der Waals surface area contributed by atoms with E-state index in [2.05, 4.69) is 22.0 Å². The van der Waals surface area contributed by atoms with Crippen LogP contribution >= 0.6 is 0 Å². The molecule has 2 heterocycles. The summed E-state index contributed by atoms with van der Waals surface area (Å²) in [5, 5.41) is 11.2. The van der Waals surface area contributed by atoms with Crippen LogP contribution in [0.3, 0.4) is 0 Å². The van der Waals surface area contributed by atoms with Crippen molar-refractivity contribution in [3.63, 3.8) is 0 Å². The molecule has 0 amide bonds. The van der Waals surface area contributed by atoms with Crippen molar-refractivity contribution in [3.8, 4) is 0 Å². The Morgan fingerprint density at radius 1 is 1.26 bits per heavy atom. The van der Waals surface area contributed by atoms with Gasteiger partial charge in [0, 0.05) is 44.1 Å². The van der Waals surface area contributed by atoms with E-state index in [1.165, 1.54) is 11.8 Å². The van der Waals surface area contributed by atoms with Crippen molar-refractivity contribution in [2.45, 2.75) is 18.9 Å². The number of likely N-dealkylation sites (N-methyl/N-ethyl adjacent to an activating group) is 1. The summed E-state index contributed by atoms with van der Waals surface area (Å²) >= 11 is 0. The molecule has 2 aromatic rings. The number of para-hydroxylation sites is 1. The number of rotatable bonds is 4. The maximum absolute atomic E-state index is 11.2. The molecule has 0 N–H and O–H groups in total. The lowest BCUT2D eigenvalue weighted by Gasteiger charge is -2.39. The van der Waals surface area contributed by atoms with Gasteiger partial charge in [-0.1, -0.05) is 18.2 Å². The molecule has 1 aliphatic heterocycles. The maximum Gasteiger partial charge on any atom is 0.311 e. The maximum atomic E-state index is 11.2. The minimum atomic E-state index is -0.364. The third-order valence-electron chi connectivity index (χ3n) is 4.36. The molecule has 0 radical (unpaired) electrons. The standard InChI is InChI=1S/C17H20N4O2/c1-19(17-16(21(22)23)10-5-11-18-17)15-9-6-12-20(13-15)14-7-3-2-4-8-14/h2-5,7-8,10-11,15H,6,9,12-13H2,1H3. The Morgan fingerprint density at radius 3 is 2.78 bits per heavy atom. The molecule has 1 aromatic heterocycles. The number of hydrogen-bond donors (Lipinski definition) is 0. The number of pyridine rings is 1.